The van der Waals surface area contributed by atoms with Gasteiger partial charge < -0.3 is 10.5 Å². The molecule has 1 aromatic carbocycles. The van der Waals surface area contributed by atoms with Gasteiger partial charge in [0.15, 0.2) is 0 Å². The molecule has 0 aliphatic carbocycles. The summed E-state index contributed by atoms with van der Waals surface area (Å²) in [6.07, 6.45) is 0.769. The zero-order chi connectivity index (χ0) is 17.8. The van der Waals surface area contributed by atoms with Crippen molar-refractivity contribution >= 4 is 43.3 Å². The lowest BCUT2D eigenvalue weighted by Gasteiger charge is -2.30. The summed E-state index contributed by atoms with van der Waals surface area (Å²) in [6.45, 7) is 5.16. The van der Waals surface area contributed by atoms with Gasteiger partial charge in [-0.1, -0.05) is 28.1 Å². The zero-order valence-corrected chi connectivity index (χ0v) is 16.4. The zero-order valence-electron chi connectivity index (χ0n) is 14.0. The molecular weight excluding hydrogens is 402 g/mol. The van der Waals surface area contributed by atoms with Gasteiger partial charge in [-0.25, -0.2) is 4.79 Å². The molecule has 0 saturated carbocycles. The van der Waals surface area contributed by atoms with E-state index in [0.717, 1.165) is 31.6 Å². The summed E-state index contributed by atoms with van der Waals surface area (Å²) in [6, 6.07) is 7.94. The molecule has 7 heteroatoms. The van der Waals surface area contributed by atoms with Crippen LogP contribution in [0.1, 0.15) is 29.9 Å². The van der Waals surface area contributed by atoms with Crippen LogP contribution in [-0.2, 0) is 24.3 Å². The fourth-order valence-corrected chi connectivity index (χ4v) is 4.71. The number of hydrogen-bond donors (Lipinski definition) is 1. The number of rotatable bonds is 2. The van der Waals surface area contributed by atoms with Crippen LogP contribution in [0.4, 0.5) is 5.82 Å². The molecule has 0 radical (unpaired) electrons. The number of anilines is 1. The predicted molar refractivity (Wildman–Crippen MR) is 104 cm³/mol. The van der Waals surface area contributed by atoms with E-state index < -0.39 is 0 Å². The first-order valence-corrected chi connectivity index (χ1v) is 9.64. The summed E-state index contributed by atoms with van der Waals surface area (Å²) in [7, 11) is 0. The van der Waals surface area contributed by atoms with E-state index in [2.05, 4.69) is 34.8 Å². The van der Waals surface area contributed by atoms with E-state index in [1.165, 1.54) is 5.56 Å². The van der Waals surface area contributed by atoms with Gasteiger partial charge in [0.25, 0.3) is 0 Å². The number of hydrogen-bond acceptors (Lipinski definition) is 5. The average molecular weight is 420 g/mol. The molecule has 1 aliphatic heterocycles. The number of aromatic nitrogens is 2. The van der Waals surface area contributed by atoms with Gasteiger partial charge in [0.05, 0.1) is 24.1 Å². The summed E-state index contributed by atoms with van der Waals surface area (Å²) in [5.41, 5.74) is 7.80. The predicted octanol–water partition coefficient (Wildman–Crippen LogP) is 3.70. The molecule has 25 heavy (non-hydrogen) atoms. The van der Waals surface area contributed by atoms with Crippen LogP contribution < -0.4 is 11.4 Å². The molecule has 0 fully saturated rings. The Morgan fingerprint density at radius 3 is 2.80 bits per heavy atom. The minimum absolute atomic E-state index is 0.236. The van der Waals surface area contributed by atoms with E-state index in [0.29, 0.717) is 19.0 Å². The van der Waals surface area contributed by atoms with Gasteiger partial charge in [0.2, 0.25) is 0 Å². The second-order valence-electron chi connectivity index (χ2n) is 6.90. The quantitative estimate of drug-likeness (QED) is 0.687. The van der Waals surface area contributed by atoms with Crippen LogP contribution in [0.5, 0.6) is 0 Å². The molecule has 0 unspecified atom stereocenters. The number of nitrogens with zero attached hydrogens (tertiary/aromatic N) is 2. The third-order valence-electron chi connectivity index (χ3n) is 4.47. The molecule has 0 atom stereocenters. The summed E-state index contributed by atoms with van der Waals surface area (Å²) in [5, 5.41) is 0.910. The first kappa shape index (κ1) is 16.8. The van der Waals surface area contributed by atoms with Crippen molar-refractivity contribution in [2.24, 2.45) is 0 Å². The number of fused-ring (bicyclic) bond motifs is 3. The van der Waals surface area contributed by atoms with Crippen LogP contribution in [-0.4, -0.2) is 15.2 Å². The molecule has 5 nitrogen and oxygen atoms in total. The standard InChI is InChI=1S/C18H18BrN3O2S/c1-18(2)7-12-13(9-24-18)25-16-14(12)15(20)21-17(23)22(16)8-10-3-5-11(19)6-4-10/h3-6H,7-9H2,1-2H3,(H2,20,21,23). The Labute approximate surface area is 157 Å². The molecule has 0 bridgehead atoms. The summed E-state index contributed by atoms with van der Waals surface area (Å²) < 4.78 is 8.64. The third-order valence-corrected chi connectivity index (χ3v) is 6.23. The maximum Gasteiger partial charge on any atom is 0.350 e. The number of thiophene rings is 1. The minimum Gasteiger partial charge on any atom is -0.383 e. The van der Waals surface area contributed by atoms with Crippen LogP contribution in [0.2, 0.25) is 0 Å². The Bertz CT molecular complexity index is 1020. The topological polar surface area (TPSA) is 70.1 Å². The first-order valence-electron chi connectivity index (χ1n) is 8.03. The number of nitrogen functional groups attached to an aromatic ring is 1. The largest absolute Gasteiger partial charge is 0.383 e. The normalized spacial score (nSPS) is 16.1. The SMILES string of the molecule is CC1(C)Cc2c(sc3c2c(N)nc(=O)n3Cc2ccc(Br)cc2)CO1. The summed E-state index contributed by atoms with van der Waals surface area (Å²) in [5.74, 6) is 0.322. The van der Waals surface area contributed by atoms with E-state index in [-0.39, 0.29) is 11.3 Å². The Morgan fingerprint density at radius 2 is 2.08 bits per heavy atom. The van der Waals surface area contributed by atoms with Crippen molar-refractivity contribution in [2.45, 2.75) is 39.0 Å². The highest BCUT2D eigenvalue weighted by atomic mass is 79.9. The highest BCUT2D eigenvalue weighted by Crippen LogP contribution is 2.40. The molecule has 130 valence electrons. The van der Waals surface area contributed by atoms with Crippen LogP contribution in [0, 0.1) is 0 Å². The molecule has 0 saturated heterocycles. The molecule has 3 heterocycles. The second-order valence-corrected chi connectivity index (χ2v) is 8.90. The number of nitrogens with two attached hydrogens (primary N) is 1. The Morgan fingerprint density at radius 1 is 1.36 bits per heavy atom. The van der Waals surface area contributed by atoms with Crippen molar-refractivity contribution in [3.63, 3.8) is 0 Å². The van der Waals surface area contributed by atoms with Crippen molar-refractivity contribution < 1.29 is 4.74 Å². The monoisotopic (exact) mass is 419 g/mol. The maximum atomic E-state index is 12.5. The lowest BCUT2D eigenvalue weighted by Crippen LogP contribution is -2.31. The molecule has 2 aromatic heterocycles. The Balaban J connectivity index is 1.89. The number of ether oxygens (including phenoxy) is 1. The van der Waals surface area contributed by atoms with Crippen LogP contribution in [0.15, 0.2) is 33.5 Å². The van der Waals surface area contributed by atoms with Crippen molar-refractivity contribution in [2.75, 3.05) is 5.73 Å². The first-order chi connectivity index (χ1) is 11.8. The van der Waals surface area contributed by atoms with E-state index in [4.69, 9.17) is 10.5 Å². The minimum atomic E-state index is -0.313. The van der Waals surface area contributed by atoms with E-state index in [9.17, 15) is 4.79 Å². The van der Waals surface area contributed by atoms with Crippen molar-refractivity contribution in [3.8, 4) is 0 Å². The van der Waals surface area contributed by atoms with Crippen LogP contribution >= 0.6 is 27.3 Å². The number of benzene rings is 1. The second kappa shape index (κ2) is 5.93. The van der Waals surface area contributed by atoms with Crippen LogP contribution in [0.25, 0.3) is 10.2 Å². The van der Waals surface area contributed by atoms with Gasteiger partial charge in [-0.15, -0.1) is 11.3 Å². The van der Waals surface area contributed by atoms with Crippen molar-refractivity contribution in [1.29, 1.82) is 0 Å². The average Bonchev–Trinajstić information content (AvgIpc) is 2.91. The Kier molecular flexibility index (Phi) is 3.97. The molecule has 2 N–H and O–H groups in total. The van der Waals surface area contributed by atoms with Gasteiger partial charge in [-0.3, -0.25) is 4.57 Å². The molecular formula is C18H18BrN3O2S. The van der Waals surface area contributed by atoms with Gasteiger partial charge >= 0.3 is 5.69 Å². The smallest absolute Gasteiger partial charge is 0.350 e. The van der Waals surface area contributed by atoms with Gasteiger partial charge in [0, 0.05) is 15.8 Å². The van der Waals surface area contributed by atoms with Gasteiger partial charge in [-0.2, -0.15) is 4.98 Å². The molecule has 3 aromatic rings. The molecule has 0 spiro atoms. The fourth-order valence-electron chi connectivity index (χ4n) is 3.21. The summed E-state index contributed by atoms with van der Waals surface area (Å²) in [4.78, 5) is 18.6. The Hall–Kier alpha value is -1.70. The highest BCUT2D eigenvalue weighted by molar-refractivity contribution is 9.10. The third kappa shape index (κ3) is 3.01. The molecule has 0 amide bonds. The molecule has 4 rings (SSSR count). The number of halogens is 1. The van der Waals surface area contributed by atoms with Crippen molar-refractivity contribution in [3.05, 3.63) is 55.2 Å². The van der Waals surface area contributed by atoms with Crippen molar-refractivity contribution in [1.82, 2.24) is 9.55 Å². The van der Waals surface area contributed by atoms with E-state index in [1.807, 2.05) is 24.3 Å². The lowest BCUT2D eigenvalue weighted by atomic mass is 9.94. The van der Waals surface area contributed by atoms with Gasteiger partial charge in [0.1, 0.15) is 10.6 Å². The molecule has 1 aliphatic rings. The van der Waals surface area contributed by atoms with Gasteiger partial charge in [-0.05, 0) is 37.1 Å². The highest BCUT2D eigenvalue weighted by Gasteiger charge is 2.31. The van der Waals surface area contributed by atoms with E-state index in [1.54, 1.807) is 15.9 Å². The van der Waals surface area contributed by atoms with Crippen LogP contribution in [0.3, 0.4) is 0 Å². The lowest BCUT2D eigenvalue weighted by molar-refractivity contribution is -0.0379. The van der Waals surface area contributed by atoms with E-state index >= 15 is 0 Å². The summed E-state index contributed by atoms with van der Waals surface area (Å²) >= 11 is 5.02. The maximum absolute atomic E-state index is 12.5. The fraction of sp³-hybridized carbons (Fsp3) is 0.333.